The van der Waals surface area contributed by atoms with Crippen molar-refractivity contribution >= 4 is 34.1 Å². The topological polar surface area (TPSA) is 54.9 Å². The highest BCUT2D eigenvalue weighted by atomic mass is 35.5. The molecule has 1 amide bonds. The van der Waals surface area contributed by atoms with Gasteiger partial charge < -0.3 is 5.32 Å². The van der Waals surface area contributed by atoms with Gasteiger partial charge in [-0.25, -0.2) is 9.97 Å². The van der Waals surface area contributed by atoms with Gasteiger partial charge in [0.1, 0.15) is 0 Å². The maximum Gasteiger partial charge on any atom is 0.256 e. The normalized spacial score (nSPS) is 10.7. The number of aromatic nitrogens is 2. The molecule has 0 saturated carbocycles. The van der Waals surface area contributed by atoms with Crippen molar-refractivity contribution in [3.05, 3.63) is 89.7 Å². The van der Waals surface area contributed by atoms with Gasteiger partial charge in [0, 0.05) is 17.1 Å². The SMILES string of the molecule is O=C(Nc1cccnc1Cl)c1cc(-c2ccccc2)nc2ccccc12. The van der Waals surface area contributed by atoms with Gasteiger partial charge in [0.05, 0.1) is 22.5 Å². The minimum Gasteiger partial charge on any atom is -0.319 e. The van der Waals surface area contributed by atoms with Crippen LogP contribution in [0, 0.1) is 0 Å². The molecule has 4 nitrogen and oxygen atoms in total. The first-order valence-electron chi connectivity index (χ1n) is 8.09. The van der Waals surface area contributed by atoms with E-state index in [9.17, 15) is 4.79 Å². The number of nitrogens with zero attached hydrogens (tertiary/aromatic N) is 2. The van der Waals surface area contributed by atoms with Gasteiger partial charge in [0.25, 0.3) is 5.91 Å². The number of amides is 1. The molecule has 0 aliphatic carbocycles. The molecule has 2 heterocycles. The van der Waals surface area contributed by atoms with Crippen LogP contribution in [-0.4, -0.2) is 15.9 Å². The van der Waals surface area contributed by atoms with E-state index >= 15 is 0 Å². The third-order valence-electron chi connectivity index (χ3n) is 4.04. The number of hydrogen-bond acceptors (Lipinski definition) is 3. The quantitative estimate of drug-likeness (QED) is 0.511. The summed E-state index contributed by atoms with van der Waals surface area (Å²) in [5.74, 6) is -0.254. The minimum atomic E-state index is -0.254. The first kappa shape index (κ1) is 16.2. The van der Waals surface area contributed by atoms with E-state index in [0.717, 1.165) is 22.2 Å². The molecule has 2 aromatic carbocycles. The molecule has 0 bridgehead atoms. The summed E-state index contributed by atoms with van der Waals surface area (Å²) in [6, 6.07) is 22.6. The number of hydrogen-bond donors (Lipinski definition) is 1. The molecule has 4 rings (SSSR count). The number of carbonyl (C=O) groups is 1. The Hall–Kier alpha value is -3.24. The Morgan fingerprint density at radius 1 is 0.923 bits per heavy atom. The molecule has 0 unspecified atom stereocenters. The van der Waals surface area contributed by atoms with Crippen LogP contribution in [0.25, 0.3) is 22.2 Å². The van der Waals surface area contributed by atoms with Crippen molar-refractivity contribution in [3.8, 4) is 11.3 Å². The van der Waals surface area contributed by atoms with Crippen molar-refractivity contribution < 1.29 is 4.79 Å². The molecule has 1 N–H and O–H groups in total. The molecule has 2 aromatic heterocycles. The predicted octanol–water partition coefficient (Wildman–Crippen LogP) is 5.20. The molecule has 126 valence electrons. The van der Waals surface area contributed by atoms with Crippen LogP contribution < -0.4 is 5.32 Å². The van der Waals surface area contributed by atoms with Crippen molar-refractivity contribution in [1.82, 2.24) is 9.97 Å². The number of benzene rings is 2. The highest BCUT2D eigenvalue weighted by Crippen LogP contribution is 2.26. The fourth-order valence-electron chi connectivity index (χ4n) is 2.79. The maximum atomic E-state index is 12.9. The van der Waals surface area contributed by atoms with E-state index < -0.39 is 0 Å². The third kappa shape index (κ3) is 3.15. The Morgan fingerprint density at radius 2 is 1.69 bits per heavy atom. The lowest BCUT2D eigenvalue weighted by Gasteiger charge is -2.11. The largest absolute Gasteiger partial charge is 0.319 e. The van der Waals surface area contributed by atoms with Gasteiger partial charge in [-0.2, -0.15) is 0 Å². The van der Waals surface area contributed by atoms with E-state index in [4.69, 9.17) is 16.6 Å². The van der Waals surface area contributed by atoms with E-state index in [2.05, 4.69) is 10.3 Å². The Morgan fingerprint density at radius 3 is 2.50 bits per heavy atom. The zero-order valence-electron chi connectivity index (χ0n) is 13.7. The van der Waals surface area contributed by atoms with E-state index in [1.165, 1.54) is 0 Å². The van der Waals surface area contributed by atoms with Gasteiger partial charge in [-0.1, -0.05) is 60.1 Å². The molecule has 26 heavy (non-hydrogen) atoms. The molecule has 0 saturated heterocycles. The summed E-state index contributed by atoms with van der Waals surface area (Å²) >= 11 is 6.06. The van der Waals surface area contributed by atoms with Crippen LogP contribution in [0.1, 0.15) is 10.4 Å². The second-order valence-corrected chi connectivity index (χ2v) is 6.09. The third-order valence-corrected chi connectivity index (χ3v) is 4.34. The Kier molecular flexibility index (Phi) is 4.33. The molecule has 5 heteroatoms. The number of rotatable bonds is 3. The van der Waals surface area contributed by atoms with Crippen molar-refractivity contribution in [2.45, 2.75) is 0 Å². The van der Waals surface area contributed by atoms with Gasteiger partial charge >= 0.3 is 0 Å². The van der Waals surface area contributed by atoms with Gasteiger partial charge in [-0.05, 0) is 24.3 Å². The van der Waals surface area contributed by atoms with Gasteiger partial charge in [0.15, 0.2) is 5.15 Å². The van der Waals surface area contributed by atoms with Crippen LogP contribution in [0.2, 0.25) is 5.15 Å². The molecule has 0 aliphatic heterocycles. The number of anilines is 1. The Balaban J connectivity index is 1.83. The monoisotopic (exact) mass is 359 g/mol. The summed E-state index contributed by atoms with van der Waals surface area (Å²) < 4.78 is 0. The van der Waals surface area contributed by atoms with Gasteiger partial charge in [-0.15, -0.1) is 0 Å². The van der Waals surface area contributed by atoms with Crippen LogP contribution in [0.15, 0.2) is 79.0 Å². The van der Waals surface area contributed by atoms with Gasteiger partial charge in [0.2, 0.25) is 0 Å². The van der Waals surface area contributed by atoms with Crippen molar-refractivity contribution in [2.75, 3.05) is 5.32 Å². The summed E-state index contributed by atoms with van der Waals surface area (Å²) in [5.41, 5.74) is 3.46. The number of pyridine rings is 2. The molecular formula is C21H14ClN3O. The number of halogens is 1. The molecule has 0 spiro atoms. The first-order valence-corrected chi connectivity index (χ1v) is 8.47. The van der Waals surface area contributed by atoms with Crippen LogP contribution in [0.4, 0.5) is 5.69 Å². The number of para-hydroxylation sites is 1. The Labute approximate surface area is 155 Å². The predicted molar refractivity (Wildman–Crippen MR) is 104 cm³/mol. The minimum absolute atomic E-state index is 0.252. The number of nitrogens with one attached hydrogen (secondary N) is 1. The molecule has 0 radical (unpaired) electrons. The fourth-order valence-corrected chi connectivity index (χ4v) is 2.96. The standard InChI is InChI=1S/C21H14ClN3O/c22-20-18(11-6-12-23-20)25-21(26)16-13-19(14-7-2-1-3-8-14)24-17-10-5-4-9-15(16)17/h1-13H,(H,25,26). The van der Waals surface area contributed by atoms with E-state index in [0.29, 0.717) is 11.3 Å². The first-order chi connectivity index (χ1) is 12.7. The zero-order chi connectivity index (χ0) is 17.9. The van der Waals surface area contributed by atoms with Crippen LogP contribution >= 0.6 is 11.6 Å². The average molecular weight is 360 g/mol. The average Bonchev–Trinajstić information content (AvgIpc) is 2.69. The summed E-state index contributed by atoms with van der Waals surface area (Å²) in [7, 11) is 0. The molecule has 0 fully saturated rings. The second kappa shape index (κ2) is 6.94. The lowest BCUT2D eigenvalue weighted by molar-refractivity contribution is 0.102. The molecule has 0 atom stereocenters. The lowest BCUT2D eigenvalue weighted by Crippen LogP contribution is -2.13. The van der Waals surface area contributed by atoms with Crippen LogP contribution in [0.3, 0.4) is 0 Å². The number of fused-ring (bicyclic) bond motifs is 1. The fraction of sp³-hybridized carbons (Fsp3) is 0. The van der Waals surface area contributed by atoms with Crippen LogP contribution in [-0.2, 0) is 0 Å². The van der Waals surface area contributed by atoms with Crippen molar-refractivity contribution in [2.24, 2.45) is 0 Å². The van der Waals surface area contributed by atoms with E-state index in [1.807, 2.05) is 54.6 Å². The van der Waals surface area contributed by atoms with Crippen molar-refractivity contribution in [3.63, 3.8) is 0 Å². The molecular weight excluding hydrogens is 346 g/mol. The van der Waals surface area contributed by atoms with E-state index in [1.54, 1.807) is 24.4 Å². The highest BCUT2D eigenvalue weighted by molar-refractivity contribution is 6.32. The zero-order valence-corrected chi connectivity index (χ0v) is 14.4. The summed E-state index contributed by atoms with van der Waals surface area (Å²) in [6.45, 7) is 0. The van der Waals surface area contributed by atoms with Gasteiger partial charge in [-0.3, -0.25) is 4.79 Å². The van der Waals surface area contributed by atoms with Crippen LogP contribution in [0.5, 0.6) is 0 Å². The second-order valence-electron chi connectivity index (χ2n) is 5.73. The summed E-state index contributed by atoms with van der Waals surface area (Å²) in [4.78, 5) is 21.6. The highest BCUT2D eigenvalue weighted by Gasteiger charge is 2.15. The molecule has 0 aliphatic rings. The van der Waals surface area contributed by atoms with E-state index in [-0.39, 0.29) is 11.1 Å². The smallest absolute Gasteiger partial charge is 0.256 e. The summed E-state index contributed by atoms with van der Waals surface area (Å²) in [5, 5.41) is 3.87. The maximum absolute atomic E-state index is 12.9. The lowest BCUT2D eigenvalue weighted by atomic mass is 10.0. The molecule has 4 aromatic rings. The summed E-state index contributed by atoms with van der Waals surface area (Å²) in [6.07, 6.45) is 1.58. The van der Waals surface area contributed by atoms with Crippen molar-refractivity contribution in [1.29, 1.82) is 0 Å². The number of carbonyl (C=O) groups excluding carboxylic acids is 1. The Bertz CT molecular complexity index is 1100.